The molecule has 96 valence electrons. The number of likely N-dealkylation sites (N-methyl/N-ethyl adjacent to an activating group) is 1. The summed E-state index contributed by atoms with van der Waals surface area (Å²) in [5.74, 6) is 0.522. The van der Waals surface area contributed by atoms with Gasteiger partial charge in [0, 0.05) is 20.2 Å². The van der Waals surface area contributed by atoms with Crippen molar-refractivity contribution >= 4 is 29.0 Å². The second kappa shape index (κ2) is 7.62. The standard InChI is InChI=1S/C10H17N3O2S2/c1-4-13(5-6-15-3)9(14)7-16-10-12-11-8(2)17-10/h4-7H2,1-3H3. The minimum Gasteiger partial charge on any atom is -0.383 e. The third kappa shape index (κ3) is 5.01. The molecule has 0 fully saturated rings. The molecule has 0 aliphatic carbocycles. The number of carbonyl (C=O) groups is 1. The van der Waals surface area contributed by atoms with Gasteiger partial charge >= 0.3 is 0 Å². The molecule has 0 saturated heterocycles. The average Bonchev–Trinajstić information content (AvgIpc) is 2.73. The molecule has 1 aromatic heterocycles. The van der Waals surface area contributed by atoms with Gasteiger partial charge in [-0.25, -0.2) is 0 Å². The van der Waals surface area contributed by atoms with Crippen molar-refractivity contribution in [2.45, 2.75) is 18.2 Å². The number of nitrogens with zero attached hydrogens (tertiary/aromatic N) is 3. The number of hydrogen-bond donors (Lipinski definition) is 0. The van der Waals surface area contributed by atoms with Crippen molar-refractivity contribution in [2.24, 2.45) is 0 Å². The fourth-order valence-electron chi connectivity index (χ4n) is 1.21. The molecular weight excluding hydrogens is 258 g/mol. The van der Waals surface area contributed by atoms with Crippen LogP contribution in [0.25, 0.3) is 0 Å². The highest BCUT2D eigenvalue weighted by Crippen LogP contribution is 2.21. The van der Waals surface area contributed by atoms with E-state index in [1.165, 1.54) is 23.1 Å². The molecule has 0 unspecified atom stereocenters. The lowest BCUT2D eigenvalue weighted by Crippen LogP contribution is -2.34. The smallest absolute Gasteiger partial charge is 0.233 e. The number of rotatable bonds is 7. The molecule has 0 aliphatic heterocycles. The van der Waals surface area contributed by atoms with Crippen LogP contribution in [0.5, 0.6) is 0 Å². The van der Waals surface area contributed by atoms with Crippen molar-refractivity contribution < 1.29 is 9.53 Å². The van der Waals surface area contributed by atoms with Gasteiger partial charge in [0.2, 0.25) is 5.91 Å². The van der Waals surface area contributed by atoms with Crippen molar-refractivity contribution in [3.8, 4) is 0 Å². The number of aryl methyl sites for hydroxylation is 1. The average molecular weight is 275 g/mol. The van der Waals surface area contributed by atoms with E-state index in [0.29, 0.717) is 25.4 Å². The van der Waals surface area contributed by atoms with E-state index in [9.17, 15) is 4.79 Å². The lowest BCUT2D eigenvalue weighted by atomic mass is 10.5. The zero-order valence-corrected chi connectivity index (χ0v) is 11.9. The first-order valence-electron chi connectivity index (χ1n) is 5.37. The molecule has 0 radical (unpaired) electrons. The Bertz CT molecular complexity index is 357. The summed E-state index contributed by atoms with van der Waals surface area (Å²) in [7, 11) is 1.64. The Hall–Kier alpha value is -0.660. The van der Waals surface area contributed by atoms with Gasteiger partial charge in [-0.05, 0) is 13.8 Å². The molecule has 1 rings (SSSR count). The number of hydrogen-bond acceptors (Lipinski definition) is 6. The molecule has 1 heterocycles. The van der Waals surface area contributed by atoms with Crippen LogP contribution < -0.4 is 0 Å². The number of carbonyl (C=O) groups excluding carboxylic acids is 1. The minimum absolute atomic E-state index is 0.113. The van der Waals surface area contributed by atoms with Crippen LogP contribution in [-0.2, 0) is 9.53 Å². The summed E-state index contributed by atoms with van der Waals surface area (Å²) in [5.41, 5.74) is 0. The van der Waals surface area contributed by atoms with E-state index < -0.39 is 0 Å². The zero-order valence-electron chi connectivity index (χ0n) is 10.3. The summed E-state index contributed by atoms with van der Waals surface area (Å²) in [5, 5.41) is 8.81. The third-order valence-electron chi connectivity index (χ3n) is 2.13. The van der Waals surface area contributed by atoms with Crippen LogP contribution in [0, 0.1) is 6.92 Å². The third-order valence-corrected chi connectivity index (χ3v) is 4.08. The molecule has 0 N–H and O–H groups in total. The Morgan fingerprint density at radius 2 is 2.29 bits per heavy atom. The summed E-state index contributed by atoms with van der Waals surface area (Å²) in [6, 6.07) is 0. The van der Waals surface area contributed by atoms with Crippen LogP contribution >= 0.6 is 23.1 Å². The van der Waals surface area contributed by atoms with E-state index in [4.69, 9.17) is 4.74 Å². The maximum atomic E-state index is 11.9. The molecule has 0 aromatic carbocycles. The van der Waals surface area contributed by atoms with Gasteiger partial charge < -0.3 is 9.64 Å². The maximum absolute atomic E-state index is 11.9. The number of aromatic nitrogens is 2. The van der Waals surface area contributed by atoms with Crippen molar-refractivity contribution in [3.05, 3.63) is 5.01 Å². The molecule has 5 nitrogen and oxygen atoms in total. The van der Waals surface area contributed by atoms with Crippen LogP contribution in [0.15, 0.2) is 4.34 Å². The highest BCUT2D eigenvalue weighted by Gasteiger charge is 2.12. The number of amides is 1. The predicted molar refractivity (Wildman–Crippen MR) is 69.5 cm³/mol. The monoisotopic (exact) mass is 275 g/mol. The molecule has 17 heavy (non-hydrogen) atoms. The highest BCUT2D eigenvalue weighted by atomic mass is 32.2. The molecule has 7 heteroatoms. The van der Waals surface area contributed by atoms with Gasteiger partial charge in [0.25, 0.3) is 0 Å². The minimum atomic E-state index is 0.113. The maximum Gasteiger partial charge on any atom is 0.233 e. The second-order valence-corrected chi connectivity index (χ2v) is 5.75. The predicted octanol–water partition coefficient (Wildman–Crippen LogP) is 1.43. The first-order chi connectivity index (χ1) is 8.17. The van der Waals surface area contributed by atoms with Gasteiger partial charge in [0.1, 0.15) is 5.01 Å². The van der Waals surface area contributed by atoms with Crippen LogP contribution in [0.3, 0.4) is 0 Å². The van der Waals surface area contributed by atoms with Gasteiger partial charge in [0.05, 0.1) is 12.4 Å². The first kappa shape index (κ1) is 14.4. The van der Waals surface area contributed by atoms with Gasteiger partial charge in [0.15, 0.2) is 4.34 Å². The Kier molecular flexibility index (Phi) is 6.46. The van der Waals surface area contributed by atoms with E-state index in [0.717, 1.165) is 9.35 Å². The molecule has 0 spiro atoms. The summed E-state index contributed by atoms with van der Waals surface area (Å²) < 4.78 is 5.82. The molecule has 0 bridgehead atoms. The van der Waals surface area contributed by atoms with Crippen LogP contribution in [-0.4, -0.2) is 53.6 Å². The molecule has 0 atom stereocenters. The van der Waals surface area contributed by atoms with Crippen molar-refractivity contribution in [1.29, 1.82) is 0 Å². The largest absolute Gasteiger partial charge is 0.383 e. The van der Waals surface area contributed by atoms with E-state index in [1.807, 2.05) is 13.8 Å². The zero-order chi connectivity index (χ0) is 12.7. The summed E-state index contributed by atoms with van der Waals surface area (Å²) >= 11 is 2.95. The van der Waals surface area contributed by atoms with E-state index >= 15 is 0 Å². The summed E-state index contributed by atoms with van der Waals surface area (Å²) in [6.45, 7) is 5.79. The van der Waals surface area contributed by atoms with Crippen LogP contribution in [0.1, 0.15) is 11.9 Å². The second-order valence-electron chi connectivity index (χ2n) is 3.34. The van der Waals surface area contributed by atoms with Gasteiger partial charge in [-0.1, -0.05) is 23.1 Å². The molecule has 0 aliphatic rings. The Morgan fingerprint density at radius 3 is 2.82 bits per heavy atom. The van der Waals surface area contributed by atoms with Crippen molar-refractivity contribution in [3.63, 3.8) is 0 Å². The SMILES string of the molecule is CCN(CCOC)C(=O)CSc1nnc(C)s1. The Labute approximate surface area is 110 Å². The normalized spacial score (nSPS) is 10.5. The molecule has 1 aromatic rings. The summed E-state index contributed by atoms with van der Waals surface area (Å²) in [6.07, 6.45) is 0. The topological polar surface area (TPSA) is 55.3 Å². The molecular formula is C10H17N3O2S2. The summed E-state index contributed by atoms with van der Waals surface area (Å²) in [4.78, 5) is 13.6. The fourth-order valence-corrected chi connectivity index (χ4v) is 2.93. The van der Waals surface area contributed by atoms with Crippen molar-refractivity contribution in [1.82, 2.24) is 15.1 Å². The number of methoxy groups -OCH3 is 1. The number of thioether (sulfide) groups is 1. The lowest BCUT2D eigenvalue weighted by molar-refractivity contribution is -0.128. The van der Waals surface area contributed by atoms with Gasteiger partial charge in [-0.3, -0.25) is 4.79 Å². The quantitative estimate of drug-likeness (QED) is 0.705. The van der Waals surface area contributed by atoms with Crippen molar-refractivity contribution in [2.75, 3.05) is 32.6 Å². The molecule has 1 amide bonds. The Balaban J connectivity index is 2.36. The first-order valence-corrected chi connectivity index (χ1v) is 7.17. The highest BCUT2D eigenvalue weighted by molar-refractivity contribution is 8.01. The lowest BCUT2D eigenvalue weighted by Gasteiger charge is -2.19. The van der Waals surface area contributed by atoms with E-state index in [1.54, 1.807) is 12.0 Å². The van der Waals surface area contributed by atoms with E-state index in [2.05, 4.69) is 10.2 Å². The van der Waals surface area contributed by atoms with E-state index in [-0.39, 0.29) is 5.91 Å². The van der Waals surface area contributed by atoms with Crippen LogP contribution in [0.2, 0.25) is 0 Å². The fraction of sp³-hybridized carbons (Fsp3) is 0.700. The van der Waals surface area contributed by atoms with Crippen LogP contribution in [0.4, 0.5) is 0 Å². The number of ether oxygens (including phenoxy) is 1. The molecule has 0 saturated carbocycles. The Morgan fingerprint density at radius 1 is 1.53 bits per heavy atom. The van der Waals surface area contributed by atoms with Gasteiger partial charge in [-0.15, -0.1) is 10.2 Å². The van der Waals surface area contributed by atoms with Gasteiger partial charge in [-0.2, -0.15) is 0 Å².